The number of H-pyrrole nitrogens is 1. The summed E-state index contributed by atoms with van der Waals surface area (Å²) >= 11 is 13.4. The van der Waals surface area contributed by atoms with Gasteiger partial charge in [-0.1, -0.05) is 61.7 Å². The number of rotatable bonds is 6. The van der Waals surface area contributed by atoms with Crippen LogP contribution in [-0.4, -0.2) is 29.9 Å². The van der Waals surface area contributed by atoms with Crippen LogP contribution in [0.2, 0.25) is 5.02 Å². The molecule has 5 aromatic rings. The maximum Gasteiger partial charge on any atom is 0.343 e. The van der Waals surface area contributed by atoms with Gasteiger partial charge in [0.25, 0.3) is 5.91 Å². The highest BCUT2D eigenvalue weighted by Crippen LogP contribution is 2.38. The molecule has 2 N–H and O–H groups in total. The number of aromatic amines is 1. The maximum atomic E-state index is 13.4. The van der Waals surface area contributed by atoms with Crippen LogP contribution in [0.1, 0.15) is 26.4 Å². The summed E-state index contributed by atoms with van der Waals surface area (Å²) in [4.78, 5) is 29.4. The number of fused-ring (bicyclic) bond motifs is 2. The fourth-order valence-electron chi connectivity index (χ4n) is 4.39. The highest BCUT2D eigenvalue weighted by Gasteiger charge is 2.22. The van der Waals surface area contributed by atoms with Gasteiger partial charge in [-0.15, -0.1) is 0 Å². The van der Waals surface area contributed by atoms with Crippen LogP contribution in [-0.2, 0) is 0 Å². The van der Waals surface area contributed by atoms with E-state index in [1.807, 2.05) is 36.4 Å². The Balaban J connectivity index is 1.26. The quantitative estimate of drug-likeness (QED) is 0.0820. The summed E-state index contributed by atoms with van der Waals surface area (Å²) in [5, 5.41) is 5.49. The van der Waals surface area contributed by atoms with E-state index in [0.717, 1.165) is 19.8 Å². The molecule has 1 aromatic heterocycles. The number of aromatic nitrogens is 1. The summed E-state index contributed by atoms with van der Waals surface area (Å²) in [6.45, 7) is 0.100. The molecule has 6 rings (SSSR count). The number of esters is 1. The molecule has 1 amide bonds. The number of nitrogens with one attached hydrogen (secondary N) is 2. The standard InChI is InChI=1S/C30H18Br2ClN3O5/c31-18-7-10-24(41-30(38)16-5-9-25-26(12-16)40-15-39-25)17(11-18)14-34-36-29(37)28-27(20-3-1-2-4-22(20)33)21-13-19(32)6-8-23(21)35-28/h1-14,35H,15H2,(H,36,37). The van der Waals surface area contributed by atoms with Gasteiger partial charge >= 0.3 is 5.97 Å². The lowest BCUT2D eigenvalue weighted by molar-refractivity contribution is 0.0733. The summed E-state index contributed by atoms with van der Waals surface area (Å²) in [7, 11) is 0. The minimum atomic E-state index is -0.585. The van der Waals surface area contributed by atoms with Crippen molar-refractivity contribution in [2.45, 2.75) is 0 Å². The van der Waals surface area contributed by atoms with Gasteiger partial charge in [0.1, 0.15) is 11.4 Å². The number of hydrazone groups is 1. The zero-order valence-electron chi connectivity index (χ0n) is 20.9. The molecule has 4 aromatic carbocycles. The van der Waals surface area contributed by atoms with E-state index in [1.54, 1.807) is 42.5 Å². The van der Waals surface area contributed by atoms with E-state index in [4.69, 9.17) is 25.8 Å². The van der Waals surface area contributed by atoms with Crippen molar-refractivity contribution in [3.8, 4) is 28.4 Å². The minimum Gasteiger partial charge on any atom is -0.454 e. The molecule has 0 unspecified atom stereocenters. The molecular formula is C30H18Br2ClN3O5. The molecule has 204 valence electrons. The highest BCUT2D eigenvalue weighted by atomic mass is 79.9. The summed E-state index contributed by atoms with van der Waals surface area (Å²) in [5.74, 6) is 0.228. The average molecular weight is 696 g/mol. The van der Waals surface area contributed by atoms with E-state index >= 15 is 0 Å². The molecule has 2 heterocycles. The second-order valence-electron chi connectivity index (χ2n) is 8.88. The Morgan fingerprint density at radius 2 is 1.73 bits per heavy atom. The van der Waals surface area contributed by atoms with Gasteiger partial charge < -0.3 is 19.2 Å². The number of benzene rings is 4. The molecule has 8 nitrogen and oxygen atoms in total. The molecule has 41 heavy (non-hydrogen) atoms. The summed E-state index contributed by atoms with van der Waals surface area (Å²) in [6.07, 6.45) is 1.40. The number of nitrogens with zero attached hydrogens (tertiary/aromatic N) is 1. The van der Waals surface area contributed by atoms with Crippen molar-refractivity contribution < 1.29 is 23.8 Å². The summed E-state index contributed by atoms with van der Waals surface area (Å²) < 4.78 is 17.9. The summed E-state index contributed by atoms with van der Waals surface area (Å²) in [6, 6.07) is 22.9. The van der Waals surface area contributed by atoms with Crippen LogP contribution in [0.3, 0.4) is 0 Å². The first-order valence-corrected chi connectivity index (χ1v) is 14.1. The molecule has 0 spiro atoms. The Bertz CT molecular complexity index is 1870. The third-order valence-electron chi connectivity index (χ3n) is 6.28. The fourth-order valence-corrected chi connectivity index (χ4v) is 5.36. The van der Waals surface area contributed by atoms with Crippen LogP contribution in [0.4, 0.5) is 0 Å². The SMILES string of the molecule is O=C(Oc1ccc(Br)cc1C=NNC(=O)c1[nH]c2ccc(Br)cc2c1-c1ccccc1Cl)c1ccc2c(c1)OCO2. The van der Waals surface area contributed by atoms with E-state index in [1.165, 1.54) is 6.21 Å². The van der Waals surface area contributed by atoms with Crippen molar-refractivity contribution in [3.63, 3.8) is 0 Å². The van der Waals surface area contributed by atoms with Gasteiger partial charge in [0.2, 0.25) is 6.79 Å². The Morgan fingerprint density at radius 3 is 2.59 bits per heavy atom. The maximum absolute atomic E-state index is 13.4. The van der Waals surface area contributed by atoms with Crippen molar-refractivity contribution in [1.29, 1.82) is 0 Å². The number of carbonyl (C=O) groups is 2. The van der Waals surface area contributed by atoms with Gasteiger partial charge in [0, 0.05) is 41.6 Å². The third-order valence-corrected chi connectivity index (χ3v) is 7.60. The van der Waals surface area contributed by atoms with Gasteiger partial charge in [-0.2, -0.15) is 5.10 Å². The van der Waals surface area contributed by atoms with Crippen LogP contribution in [0, 0.1) is 0 Å². The third kappa shape index (κ3) is 5.58. The Morgan fingerprint density at radius 1 is 0.951 bits per heavy atom. The molecule has 0 fully saturated rings. The molecule has 0 aliphatic carbocycles. The number of ether oxygens (including phenoxy) is 3. The van der Waals surface area contributed by atoms with E-state index in [2.05, 4.69) is 47.4 Å². The molecule has 0 saturated heterocycles. The number of carbonyl (C=O) groups excluding carboxylic acids is 2. The van der Waals surface area contributed by atoms with Crippen LogP contribution < -0.4 is 19.6 Å². The Hall–Kier alpha value is -4.12. The lowest BCUT2D eigenvalue weighted by Gasteiger charge is -2.09. The first-order chi connectivity index (χ1) is 19.9. The first-order valence-electron chi connectivity index (χ1n) is 12.2. The molecule has 0 saturated carbocycles. The first kappa shape index (κ1) is 27.1. The van der Waals surface area contributed by atoms with Crippen LogP contribution in [0.5, 0.6) is 17.2 Å². The van der Waals surface area contributed by atoms with Gasteiger partial charge in [-0.25, -0.2) is 10.2 Å². The number of hydrogen-bond acceptors (Lipinski definition) is 6. The number of hydrogen-bond donors (Lipinski definition) is 2. The van der Waals surface area contributed by atoms with Crippen molar-refractivity contribution >= 4 is 72.5 Å². The number of amides is 1. The van der Waals surface area contributed by atoms with Crippen LogP contribution in [0.15, 0.2) is 92.9 Å². The average Bonchev–Trinajstić information content (AvgIpc) is 3.59. The minimum absolute atomic E-state index is 0.100. The Labute approximate surface area is 255 Å². The van der Waals surface area contributed by atoms with Crippen molar-refractivity contribution in [2.75, 3.05) is 6.79 Å². The second kappa shape index (κ2) is 11.4. The van der Waals surface area contributed by atoms with Crippen molar-refractivity contribution in [3.05, 3.63) is 110 Å². The lowest BCUT2D eigenvalue weighted by atomic mass is 10.0. The molecule has 0 radical (unpaired) electrons. The monoisotopic (exact) mass is 693 g/mol. The fraction of sp³-hybridized carbons (Fsp3) is 0.0333. The van der Waals surface area contributed by atoms with Crippen LogP contribution >= 0.6 is 43.5 Å². The van der Waals surface area contributed by atoms with E-state index in [-0.39, 0.29) is 12.5 Å². The normalized spacial score (nSPS) is 12.2. The molecule has 0 atom stereocenters. The molecule has 11 heteroatoms. The molecular weight excluding hydrogens is 678 g/mol. The summed E-state index contributed by atoms with van der Waals surface area (Å²) in [5.41, 5.74) is 5.75. The predicted octanol–water partition coefficient (Wildman–Crippen LogP) is 7.73. The number of halogens is 3. The van der Waals surface area contributed by atoms with Gasteiger partial charge in [-0.3, -0.25) is 4.79 Å². The Kier molecular flexibility index (Phi) is 7.53. The van der Waals surface area contributed by atoms with Crippen molar-refractivity contribution in [2.24, 2.45) is 5.10 Å². The van der Waals surface area contributed by atoms with Crippen LogP contribution in [0.25, 0.3) is 22.0 Å². The molecule has 0 bridgehead atoms. The highest BCUT2D eigenvalue weighted by molar-refractivity contribution is 9.10. The lowest BCUT2D eigenvalue weighted by Crippen LogP contribution is -2.19. The predicted molar refractivity (Wildman–Crippen MR) is 163 cm³/mol. The van der Waals surface area contributed by atoms with Crippen molar-refractivity contribution in [1.82, 2.24) is 10.4 Å². The van der Waals surface area contributed by atoms with Gasteiger partial charge in [0.15, 0.2) is 11.5 Å². The molecule has 1 aliphatic heterocycles. The van der Waals surface area contributed by atoms with E-state index in [9.17, 15) is 9.59 Å². The topological polar surface area (TPSA) is 102 Å². The second-order valence-corrected chi connectivity index (χ2v) is 11.1. The van der Waals surface area contributed by atoms with Gasteiger partial charge in [-0.05, 0) is 60.7 Å². The zero-order valence-corrected chi connectivity index (χ0v) is 24.8. The van der Waals surface area contributed by atoms with E-state index in [0.29, 0.717) is 44.5 Å². The largest absolute Gasteiger partial charge is 0.454 e. The van der Waals surface area contributed by atoms with Gasteiger partial charge in [0.05, 0.1) is 11.8 Å². The zero-order chi connectivity index (χ0) is 28.5. The smallest absolute Gasteiger partial charge is 0.343 e. The van der Waals surface area contributed by atoms with E-state index < -0.39 is 11.9 Å². The molecule has 1 aliphatic rings.